The minimum absolute atomic E-state index is 0.0718. The summed E-state index contributed by atoms with van der Waals surface area (Å²) < 4.78 is 9.91. The van der Waals surface area contributed by atoms with Crippen molar-refractivity contribution < 1.29 is 40.1 Å². The molecule has 0 bridgehead atoms. The highest BCUT2D eigenvalue weighted by Crippen LogP contribution is 2.28. The van der Waals surface area contributed by atoms with Crippen LogP contribution in [-0.4, -0.2) is 44.4 Å². The highest BCUT2D eigenvalue weighted by molar-refractivity contribution is 5.93. The molecule has 0 aliphatic heterocycles. The zero-order valence-electron chi connectivity index (χ0n) is 33.8. The molecule has 8 aromatic carbocycles. The van der Waals surface area contributed by atoms with Crippen molar-refractivity contribution in [3.63, 3.8) is 0 Å². The van der Waals surface area contributed by atoms with Crippen molar-refractivity contribution in [2.45, 2.75) is 0 Å². The Labute approximate surface area is 359 Å². The third-order valence-electron chi connectivity index (χ3n) is 8.08. The van der Waals surface area contributed by atoms with E-state index in [0.29, 0.717) is 40.9 Å². The van der Waals surface area contributed by atoms with E-state index in [4.69, 9.17) is 70.7 Å². The molecule has 8 aromatic rings. The first-order chi connectivity index (χ1) is 29.6. The molecule has 0 saturated carbocycles. The maximum absolute atomic E-state index is 9.42. The number of aromatic hydroxyl groups is 6. The molecule has 0 aromatic heterocycles. The number of phenols is 6. The number of terminal acetylenes is 1. The first kappa shape index (κ1) is 47.4. The van der Waals surface area contributed by atoms with Gasteiger partial charge in [0.1, 0.15) is 29.6 Å². The maximum Gasteiger partial charge on any atom is 0.160 e. The molecular formula is C48H50N6O8. The summed E-state index contributed by atoms with van der Waals surface area (Å²) in [5.74, 6) is 4.12. The van der Waals surface area contributed by atoms with Gasteiger partial charge in [-0.2, -0.15) is 0 Å². The number of benzene rings is 8. The summed E-state index contributed by atoms with van der Waals surface area (Å²) in [7, 11) is 1.49. The number of hydrogen-bond acceptors (Lipinski definition) is 14. The van der Waals surface area contributed by atoms with Gasteiger partial charge in [-0.15, -0.1) is 6.42 Å². The SMILES string of the molecule is C#CCOc1ccc(N)cc1.COc1ccc(N)cc1O.Nc1ccc(O)c(O)c1.Nc1ccc(O)cc1.Nc1ccc2c(O)cccc2c1.Nc1cccc2cc(O)ccc12. The maximum atomic E-state index is 9.42. The van der Waals surface area contributed by atoms with Gasteiger partial charge in [0.05, 0.1) is 7.11 Å². The molecule has 62 heavy (non-hydrogen) atoms. The van der Waals surface area contributed by atoms with E-state index in [2.05, 4.69) is 5.92 Å². The minimum Gasteiger partial charge on any atom is -0.508 e. The second-order valence-electron chi connectivity index (χ2n) is 12.8. The topological polar surface area (TPSA) is 296 Å². The second kappa shape index (κ2) is 24.1. The van der Waals surface area contributed by atoms with E-state index in [9.17, 15) is 10.2 Å². The van der Waals surface area contributed by atoms with Crippen LogP contribution in [0.25, 0.3) is 21.5 Å². The number of ether oxygens (including phenoxy) is 2. The Balaban J connectivity index is 0.000000199. The van der Waals surface area contributed by atoms with Crippen LogP contribution in [0.4, 0.5) is 34.1 Å². The van der Waals surface area contributed by atoms with Gasteiger partial charge in [0.2, 0.25) is 0 Å². The Morgan fingerprint density at radius 2 is 0.952 bits per heavy atom. The van der Waals surface area contributed by atoms with Crippen molar-refractivity contribution >= 4 is 55.7 Å². The number of nitrogens with two attached hydrogens (primary N) is 6. The van der Waals surface area contributed by atoms with Gasteiger partial charge in [-0.05, 0) is 132 Å². The lowest BCUT2D eigenvalue weighted by molar-refractivity contribution is 0.370. The summed E-state index contributed by atoms with van der Waals surface area (Å²) in [6.45, 7) is 0.296. The molecule has 320 valence electrons. The molecule has 8 rings (SSSR count). The average molecular weight is 839 g/mol. The van der Waals surface area contributed by atoms with Crippen LogP contribution >= 0.6 is 0 Å². The van der Waals surface area contributed by atoms with Crippen molar-refractivity contribution in [1.82, 2.24) is 0 Å². The number of methoxy groups -OCH3 is 1. The van der Waals surface area contributed by atoms with Crippen molar-refractivity contribution in [1.29, 1.82) is 0 Å². The van der Waals surface area contributed by atoms with Crippen molar-refractivity contribution in [3.05, 3.63) is 158 Å². The van der Waals surface area contributed by atoms with E-state index < -0.39 is 0 Å². The van der Waals surface area contributed by atoms with E-state index in [1.165, 1.54) is 31.4 Å². The molecule has 0 fully saturated rings. The smallest absolute Gasteiger partial charge is 0.160 e. The summed E-state index contributed by atoms with van der Waals surface area (Å²) >= 11 is 0. The van der Waals surface area contributed by atoms with Crippen LogP contribution in [-0.2, 0) is 0 Å². The number of fused-ring (bicyclic) bond motifs is 2. The zero-order chi connectivity index (χ0) is 45.6. The number of rotatable bonds is 3. The third kappa shape index (κ3) is 16.1. The highest BCUT2D eigenvalue weighted by atomic mass is 16.5. The summed E-state index contributed by atoms with van der Waals surface area (Å²) in [5.41, 5.74) is 36.5. The highest BCUT2D eigenvalue weighted by Gasteiger charge is 2.00. The Kier molecular flexibility index (Phi) is 18.4. The molecule has 0 unspecified atom stereocenters. The Hall–Kier alpha value is -8.96. The second-order valence-corrected chi connectivity index (χ2v) is 12.8. The van der Waals surface area contributed by atoms with Gasteiger partial charge in [-0.25, -0.2) is 0 Å². The van der Waals surface area contributed by atoms with Crippen LogP contribution in [0.15, 0.2) is 158 Å². The lowest BCUT2D eigenvalue weighted by atomic mass is 10.1. The lowest BCUT2D eigenvalue weighted by Crippen LogP contribution is -1.93. The van der Waals surface area contributed by atoms with Crippen LogP contribution in [0.2, 0.25) is 0 Å². The van der Waals surface area contributed by atoms with Gasteiger partial charge < -0.3 is 74.5 Å². The lowest BCUT2D eigenvalue weighted by Gasteiger charge is -2.01. The Morgan fingerprint density at radius 3 is 1.52 bits per heavy atom. The number of hydrogen-bond donors (Lipinski definition) is 12. The number of phenolic OH excluding ortho intramolecular Hbond substituents is 6. The summed E-state index contributed by atoms with van der Waals surface area (Å²) in [6.07, 6.45) is 5.01. The normalized spacial score (nSPS) is 9.55. The van der Waals surface area contributed by atoms with Crippen LogP contribution in [0, 0.1) is 12.3 Å². The largest absolute Gasteiger partial charge is 0.508 e. The monoisotopic (exact) mass is 838 g/mol. The fourth-order valence-electron chi connectivity index (χ4n) is 4.99. The quantitative estimate of drug-likeness (QED) is 0.0346. The first-order valence-electron chi connectivity index (χ1n) is 18.4. The van der Waals surface area contributed by atoms with Crippen molar-refractivity contribution in [2.75, 3.05) is 48.1 Å². The van der Waals surface area contributed by atoms with Gasteiger partial charge in [-0.1, -0.05) is 30.2 Å². The number of nitrogen functional groups attached to an aromatic ring is 6. The Bertz CT molecular complexity index is 2570. The number of anilines is 6. The van der Waals surface area contributed by atoms with E-state index in [1.54, 1.807) is 91.0 Å². The standard InChI is InChI=1S/2C10H9NO.C9H9NO.C7H9NO2.C6H7NO2.C6H7NO/c11-10-3-1-2-7-6-8(12)4-5-9(7)10;11-8-4-5-9-7(6-8)2-1-3-10(9)12;1-2-7-11-9-5-3-8(10)4-6-9;1-10-7-3-2-5(8)4-6(7)9;7-4-1-2-5(8)6(9)3-4;7-5-1-3-6(8)4-2-5/h2*1-6,12H,11H2;1,3-6H,7,10H2;2-4,9H,8H2,1H3;1-3,8-9H,7H2;1-4,8H,7H2. The van der Waals surface area contributed by atoms with E-state index in [-0.39, 0.29) is 28.7 Å². The minimum atomic E-state index is -0.185. The zero-order valence-corrected chi connectivity index (χ0v) is 33.8. The average Bonchev–Trinajstić information content (AvgIpc) is 3.24. The molecule has 0 aliphatic rings. The molecule has 0 atom stereocenters. The van der Waals surface area contributed by atoms with Gasteiger partial charge >= 0.3 is 0 Å². The molecule has 0 spiro atoms. The molecule has 0 heterocycles. The predicted molar refractivity (Wildman–Crippen MR) is 251 cm³/mol. The summed E-state index contributed by atoms with van der Waals surface area (Å²) in [6, 6.07) is 44.0. The van der Waals surface area contributed by atoms with Gasteiger partial charge in [0.15, 0.2) is 23.0 Å². The molecule has 0 amide bonds. The molecular weight excluding hydrogens is 789 g/mol. The predicted octanol–water partition coefficient (Wildman–Crippen LogP) is 8.17. The summed E-state index contributed by atoms with van der Waals surface area (Å²) in [5, 5.41) is 57.7. The van der Waals surface area contributed by atoms with E-state index in [1.807, 2.05) is 42.5 Å². The molecule has 0 radical (unpaired) electrons. The molecule has 14 heteroatoms. The van der Waals surface area contributed by atoms with Crippen molar-refractivity contribution in [2.24, 2.45) is 0 Å². The first-order valence-corrected chi connectivity index (χ1v) is 18.4. The van der Waals surface area contributed by atoms with Crippen LogP contribution in [0.5, 0.6) is 46.0 Å². The Morgan fingerprint density at radius 1 is 0.452 bits per heavy atom. The fourth-order valence-corrected chi connectivity index (χ4v) is 4.99. The van der Waals surface area contributed by atoms with Gasteiger partial charge in [0, 0.05) is 57.0 Å². The fraction of sp³-hybridized carbons (Fsp3) is 0.0417. The molecule has 0 aliphatic carbocycles. The van der Waals surface area contributed by atoms with Gasteiger partial charge in [-0.3, -0.25) is 0 Å². The molecule has 14 nitrogen and oxygen atoms in total. The van der Waals surface area contributed by atoms with Crippen LogP contribution < -0.4 is 43.9 Å². The van der Waals surface area contributed by atoms with Crippen LogP contribution in [0.3, 0.4) is 0 Å². The molecule has 0 saturated heterocycles. The van der Waals surface area contributed by atoms with E-state index >= 15 is 0 Å². The van der Waals surface area contributed by atoms with E-state index in [0.717, 1.165) is 38.7 Å². The van der Waals surface area contributed by atoms with Crippen molar-refractivity contribution in [3.8, 4) is 58.3 Å². The third-order valence-corrected chi connectivity index (χ3v) is 8.08. The van der Waals surface area contributed by atoms with Crippen LogP contribution in [0.1, 0.15) is 0 Å². The van der Waals surface area contributed by atoms with Gasteiger partial charge in [0.25, 0.3) is 0 Å². The summed E-state index contributed by atoms with van der Waals surface area (Å²) in [4.78, 5) is 0. The molecule has 18 N–H and O–H groups in total.